The third-order valence-corrected chi connectivity index (χ3v) is 7.07. The van der Waals surface area contributed by atoms with Crippen LogP contribution in [0.5, 0.6) is 0 Å². The van der Waals surface area contributed by atoms with Gasteiger partial charge in [0, 0.05) is 23.4 Å². The summed E-state index contributed by atoms with van der Waals surface area (Å²) in [6, 6.07) is 16.3. The molecule has 0 bridgehead atoms. The fourth-order valence-electron chi connectivity index (χ4n) is 5.30. The summed E-state index contributed by atoms with van der Waals surface area (Å²) in [5.74, 6) is -8.66. The van der Waals surface area contributed by atoms with Crippen LogP contribution < -0.4 is 4.90 Å². The molecular weight excluding hydrogens is 552 g/mol. The van der Waals surface area contributed by atoms with Gasteiger partial charge in [0.1, 0.15) is 11.6 Å². The van der Waals surface area contributed by atoms with E-state index < -0.39 is 63.3 Å². The second-order valence-electron chi connectivity index (χ2n) is 9.13. The first kappa shape index (κ1) is 29.7. The van der Waals surface area contributed by atoms with Gasteiger partial charge in [-0.05, 0) is 17.0 Å². The van der Waals surface area contributed by atoms with Crippen LogP contribution in [0.1, 0.15) is 11.5 Å². The first-order valence-corrected chi connectivity index (χ1v) is 12.4. The highest BCUT2D eigenvalue weighted by Crippen LogP contribution is 2.51. The van der Waals surface area contributed by atoms with Gasteiger partial charge in [-0.3, -0.25) is 19.8 Å². The van der Waals surface area contributed by atoms with Crippen molar-refractivity contribution >= 4 is 46.0 Å². The third-order valence-electron chi connectivity index (χ3n) is 7.07. The zero-order valence-corrected chi connectivity index (χ0v) is 22.9. The van der Waals surface area contributed by atoms with E-state index in [2.05, 4.69) is 0 Å². The standard InChI is InChI=1S/C29H26N2O11/c1-39-25(32)22-21(17-11-7-12-18(15-17)31(37)38)23(26(33)40-2)29(36,28(35)42-4)30(24(22)27(34)41-3)20-14-8-10-16-9-5-6-13-19(16)20/h5-15,21,23,36H,1-4H3/t21?,23-,29-/m0/s1. The summed E-state index contributed by atoms with van der Waals surface area (Å²) in [4.78, 5) is 66.2. The van der Waals surface area contributed by atoms with Crippen LogP contribution in [0.2, 0.25) is 0 Å². The Morgan fingerprint density at radius 3 is 2.12 bits per heavy atom. The Bertz CT molecular complexity index is 1630. The maximum Gasteiger partial charge on any atom is 0.360 e. The van der Waals surface area contributed by atoms with E-state index in [9.17, 15) is 34.4 Å². The van der Waals surface area contributed by atoms with Crippen molar-refractivity contribution in [3.8, 4) is 0 Å². The van der Waals surface area contributed by atoms with Crippen molar-refractivity contribution in [2.24, 2.45) is 5.92 Å². The van der Waals surface area contributed by atoms with Gasteiger partial charge < -0.3 is 24.1 Å². The third kappa shape index (κ3) is 4.69. The molecule has 0 spiro atoms. The Morgan fingerprint density at radius 1 is 0.857 bits per heavy atom. The lowest BCUT2D eigenvalue weighted by molar-refractivity contribution is -0.384. The highest BCUT2D eigenvalue weighted by Gasteiger charge is 2.65. The molecule has 1 heterocycles. The van der Waals surface area contributed by atoms with Crippen LogP contribution in [0, 0.1) is 16.0 Å². The smallest absolute Gasteiger partial charge is 0.360 e. The number of nitro groups is 1. The number of hydrogen-bond donors (Lipinski definition) is 1. The van der Waals surface area contributed by atoms with Crippen LogP contribution in [-0.2, 0) is 38.1 Å². The van der Waals surface area contributed by atoms with Crippen molar-refractivity contribution in [3.05, 3.63) is 93.7 Å². The Kier molecular flexibility index (Phi) is 8.24. The lowest BCUT2D eigenvalue weighted by atomic mass is 9.70. The molecule has 42 heavy (non-hydrogen) atoms. The summed E-state index contributed by atoms with van der Waals surface area (Å²) in [6.07, 6.45) is 0. The van der Waals surface area contributed by atoms with Gasteiger partial charge >= 0.3 is 23.9 Å². The molecule has 3 aromatic rings. The molecule has 3 atom stereocenters. The predicted molar refractivity (Wildman–Crippen MR) is 146 cm³/mol. The topological polar surface area (TPSA) is 172 Å². The molecule has 1 aliphatic rings. The van der Waals surface area contributed by atoms with Gasteiger partial charge in [-0.15, -0.1) is 0 Å². The van der Waals surface area contributed by atoms with Crippen LogP contribution in [0.25, 0.3) is 10.8 Å². The molecule has 0 saturated carbocycles. The van der Waals surface area contributed by atoms with E-state index >= 15 is 0 Å². The van der Waals surface area contributed by atoms with Gasteiger partial charge in [0.05, 0.1) is 44.6 Å². The van der Waals surface area contributed by atoms with Crippen molar-refractivity contribution in [2.45, 2.75) is 11.6 Å². The van der Waals surface area contributed by atoms with E-state index in [1.165, 1.54) is 18.2 Å². The van der Waals surface area contributed by atoms with Gasteiger partial charge in [-0.1, -0.05) is 48.5 Å². The fourth-order valence-corrected chi connectivity index (χ4v) is 5.30. The van der Waals surface area contributed by atoms with Crippen LogP contribution in [-0.4, -0.2) is 68.1 Å². The minimum Gasteiger partial charge on any atom is -0.469 e. The van der Waals surface area contributed by atoms with Crippen LogP contribution in [0.15, 0.2) is 78.0 Å². The van der Waals surface area contributed by atoms with Gasteiger partial charge in [-0.2, -0.15) is 0 Å². The van der Waals surface area contributed by atoms with E-state index in [1.54, 1.807) is 36.4 Å². The molecule has 13 nitrogen and oxygen atoms in total. The Morgan fingerprint density at radius 2 is 1.50 bits per heavy atom. The minimum atomic E-state index is -3.07. The average Bonchev–Trinajstić information content (AvgIpc) is 3.02. The number of nitro benzene ring substituents is 1. The van der Waals surface area contributed by atoms with Crippen molar-refractivity contribution in [1.29, 1.82) is 0 Å². The molecule has 1 N–H and O–H groups in total. The van der Waals surface area contributed by atoms with Crippen LogP contribution in [0.3, 0.4) is 0 Å². The molecule has 0 fully saturated rings. The maximum atomic E-state index is 13.7. The van der Waals surface area contributed by atoms with E-state index in [0.717, 1.165) is 45.5 Å². The van der Waals surface area contributed by atoms with Gasteiger partial charge in [-0.25, -0.2) is 14.4 Å². The first-order valence-electron chi connectivity index (χ1n) is 12.4. The number of nitrogens with zero attached hydrogens (tertiary/aromatic N) is 2. The van der Waals surface area contributed by atoms with E-state index in [4.69, 9.17) is 18.9 Å². The quantitative estimate of drug-likeness (QED) is 0.188. The predicted octanol–water partition coefficient (Wildman–Crippen LogP) is 2.60. The molecule has 218 valence electrons. The molecule has 1 unspecified atom stereocenters. The molecule has 0 amide bonds. The summed E-state index contributed by atoms with van der Waals surface area (Å²) in [5.41, 5.74) is -4.75. The normalized spacial score (nSPS) is 20.1. The van der Waals surface area contributed by atoms with E-state index in [1.807, 2.05) is 0 Å². The average molecular weight is 579 g/mol. The van der Waals surface area contributed by atoms with Crippen LogP contribution in [0.4, 0.5) is 11.4 Å². The largest absolute Gasteiger partial charge is 0.469 e. The van der Waals surface area contributed by atoms with Gasteiger partial charge in [0.15, 0.2) is 0 Å². The highest BCUT2D eigenvalue weighted by atomic mass is 16.6. The number of aliphatic hydroxyl groups is 1. The molecular formula is C29H26N2O11. The molecule has 1 aliphatic heterocycles. The zero-order chi connectivity index (χ0) is 30.8. The number of esters is 4. The van der Waals surface area contributed by atoms with Gasteiger partial charge in [0.25, 0.3) is 11.4 Å². The Hall–Kier alpha value is -5.30. The first-order chi connectivity index (χ1) is 20.1. The Labute approximate surface area is 239 Å². The number of non-ortho nitro benzene ring substituents is 1. The number of fused-ring (bicyclic) bond motifs is 1. The lowest BCUT2D eigenvalue weighted by Gasteiger charge is -2.49. The number of hydrogen-bond acceptors (Lipinski definition) is 12. The molecule has 0 radical (unpaired) electrons. The number of carbonyl (C=O) groups is 4. The van der Waals surface area contributed by atoms with E-state index in [0.29, 0.717) is 10.8 Å². The molecule has 13 heteroatoms. The summed E-state index contributed by atoms with van der Waals surface area (Å²) >= 11 is 0. The molecule has 0 aliphatic carbocycles. The molecule has 0 aromatic heterocycles. The number of rotatable bonds is 7. The number of benzene rings is 3. The summed E-state index contributed by atoms with van der Waals surface area (Å²) in [7, 11) is 3.97. The monoisotopic (exact) mass is 578 g/mol. The molecule has 3 aromatic carbocycles. The van der Waals surface area contributed by atoms with E-state index in [-0.39, 0.29) is 11.3 Å². The zero-order valence-electron chi connectivity index (χ0n) is 22.9. The number of carbonyl (C=O) groups excluding carboxylic acids is 4. The SMILES string of the molecule is COC(=O)C1=C(C(=O)OC)N(c2cccc3ccccc23)[C@@](O)(C(=O)OC)[C@H](C(=O)OC)C1c1cccc([N+](=O)[O-])c1. The second-order valence-corrected chi connectivity index (χ2v) is 9.13. The highest BCUT2D eigenvalue weighted by molar-refractivity contribution is 6.11. The lowest BCUT2D eigenvalue weighted by Crippen LogP contribution is -2.67. The summed E-state index contributed by atoms with van der Waals surface area (Å²) in [5, 5.41) is 25.2. The van der Waals surface area contributed by atoms with Crippen molar-refractivity contribution in [1.82, 2.24) is 0 Å². The summed E-state index contributed by atoms with van der Waals surface area (Å²) < 4.78 is 20.0. The number of anilines is 1. The molecule has 0 saturated heterocycles. The molecule has 4 rings (SSSR count). The van der Waals surface area contributed by atoms with Crippen molar-refractivity contribution in [2.75, 3.05) is 33.3 Å². The number of ether oxygens (including phenoxy) is 4. The minimum absolute atomic E-state index is 0.0224. The Balaban J connectivity index is 2.28. The number of methoxy groups -OCH3 is 4. The van der Waals surface area contributed by atoms with Crippen molar-refractivity contribution in [3.63, 3.8) is 0 Å². The second kappa shape index (κ2) is 11.7. The maximum absolute atomic E-state index is 13.7. The summed E-state index contributed by atoms with van der Waals surface area (Å²) in [6.45, 7) is 0. The van der Waals surface area contributed by atoms with Crippen molar-refractivity contribution < 1.29 is 48.2 Å². The fraction of sp³-hybridized carbons (Fsp3) is 0.241. The van der Waals surface area contributed by atoms with Crippen LogP contribution >= 0.6 is 0 Å². The van der Waals surface area contributed by atoms with Gasteiger partial charge in [0.2, 0.25) is 0 Å².